The average molecular weight is 236 g/mol. The normalized spacial score (nSPS) is 9.94. The molecule has 0 aliphatic rings. The summed E-state index contributed by atoms with van der Waals surface area (Å²) in [5.74, 6) is -3.18. The second kappa shape index (κ2) is 5.69. The van der Waals surface area contributed by atoms with E-state index in [1.54, 1.807) is 12.1 Å². The molecule has 0 aliphatic heterocycles. The number of hydrogen-bond acceptors (Lipinski definition) is 3. The number of amides is 1. The van der Waals surface area contributed by atoms with Crippen molar-refractivity contribution < 1.29 is 27.9 Å². The Morgan fingerprint density at radius 1 is 1.25 bits per heavy atom. The number of alkyl halides is 3. The number of rotatable bonds is 1. The van der Waals surface area contributed by atoms with Gasteiger partial charge in [0.1, 0.15) is 0 Å². The molecule has 0 spiro atoms. The van der Waals surface area contributed by atoms with Gasteiger partial charge in [-0.1, -0.05) is 0 Å². The molecule has 1 amide bonds. The molecule has 0 saturated carbocycles. The van der Waals surface area contributed by atoms with Crippen molar-refractivity contribution in [1.29, 1.82) is 0 Å². The highest BCUT2D eigenvalue weighted by molar-refractivity contribution is 5.92. The average Bonchev–Trinajstić information content (AvgIpc) is 2.18. The molecule has 1 aromatic rings. The lowest BCUT2D eigenvalue weighted by Crippen LogP contribution is -2.21. The Kier molecular flexibility index (Phi) is 4.93. The van der Waals surface area contributed by atoms with E-state index in [0.29, 0.717) is 5.56 Å². The van der Waals surface area contributed by atoms with Crippen molar-refractivity contribution in [3.8, 4) is 0 Å². The molecule has 0 aromatic carbocycles. The van der Waals surface area contributed by atoms with Crippen molar-refractivity contribution in [3.05, 3.63) is 30.1 Å². The van der Waals surface area contributed by atoms with E-state index in [1.807, 2.05) is 0 Å². The van der Waals surface area contributed by atoms with Crippen molar-refractivity contribution >= 4 is 11.9 Å². The van der Waals surface area contributed by atoms with Gasteiger partial charge in [0, 0.05) is 18.0 Å². The Balaban J connectivity index is 0.000000293. The number of primary amides is 1. The van der Waals surface area contributed by atoms with E-state index in [-0.39, 0.29) is 0 Å². The highest BCUT2D eigenvalue weighted by atomic mass is 19.4. The maximum atomic E-state index is 10.6. The van der Waals surface area contributed by atoms with Crippen LogP contribution in [0.5, 0.6) is 0 Å². The minimum Gasteiger partial charge on any atom is -0.475 e. The number of nitrogens with two attached hydrogens (primary N) is 1. The summed E-state index contributed by atoms with van der Waals surface area (Å²) in [6.45, 7) is 0. The molecular formula is C8H7F3N2O3. The Morgan fingerprint density at radius 2 is 1.62 bits per heavy atom. The molecule has 0 fully saturated rings. The molecule has 8 heteroatoms. The van der Waals surface area contributed by atoms with E-state index in [1.165, 1.54) is 12.4 Å². The van der Waals surface area contributed by atoms with Gasteiger partial charge >= 0.3 is 12.1 Å². The van der Waals surface area contributed by atoms with Crippen LogP contribution >= 0.6 is 0 Å². The minimum absolute atomic E-state index is 0.419. The Morgan fingerprint density at radius 3 is 1.81 bits per heavy atom. The van der Waals surface area contributed by atoms with E-state index in [9.17, 15) is 18.0 Å². The first-order chi connectivity index (χ1) is 7.25. The second-order valence-corrected chi connectivity index (χ2v) is 2.40. The third kappa shape index (κ3) is 5.58. The molecule has 16 heavy (non-hydrogen) atoms. The number of pyridine rings is 1. The predicted octanol–water partition coefficient (Wildman–Crippen LogP) is 0.814. The summed E-state index contributed by atoms with van der Waals surface area (Å²) in [5.41, 5.74) is 5.44. The molecule has 1 aromatic heterocycles. The van der Waals surface area contributed by atoms with Gasteiger partial charge in [0.2, 0.25) is 5.91 Å². The van der Waals surface area contributed by atoms with Crippen LogP contribution < -0.4 is 5.73 Å². The zero-order chi connectivity index (χ0) is 12.8. The van der Waals surface area contributed by atoms with Gasteiger partial charge in [-0.15, -0.1) is 0 Å². The first kappa shape index (κ1) is 13.9. The first-order valence-electron chi connectivity index (χ1n) is 3.75. The molecule has 0 unspecified atom stereocenters. The van der Waals surface area contributed by atoms with Gasteiger partial charge in [-0.25, -0.2) is 4.79 Å². The van der Waals surface area contributed by atoms with E-state index < -0.39 is 18.1 Å². The topological polar surface area (TPSA) is 93.3 Å². The van der Waals surface area contributed by atoms with Crippen LogP contribution in [-0.4, -0.2) is 28.1 Å². The Labute approximate surface area is 87.7 Å². The van der Waals surface area contributed by atoms with Crippen molar-refractivity contribution in [1.82, 2.24) is 4.98 Å². The fourth-order valence-corrected chi connectivity index (χ4v) is 0.516. The summed E-state index contributed by atoms with van der Waals surface area (Å²) in [6.07, 6.45) is -2.03. The monoisotopic (exact) mass is 236 g/mol. The summed E-state index contributed by atoms with van der Waals surface area (Å²) in [7, 11) is 0. The highest BCUT2D eigenvalue weighted by Gasteiger charge is 2.38. The smallest absolute Gasteiger partial charge is 0.475 e. The third-order valence-electron chi connectivity index (χ3n) is 1.21. The van der Waals surface area contributed by atoms with E-state index in [2.05, 4.69) is 4.98 Å². The number of carboxylic acids is 1. The molecule has 5 nitrogen and oxygen atoms in total. The van der Waals surface area contributed by atoms with Crippen LogP contribution in [0, 0.1) is 0 Å². The van der Waals surface area contributed by atoms with E-state index in [0.717, 1.165) is 0 Å². The summed E-state index contributed by atoms with van der Waals surface area (Å²) in [5, 5.41) is 7.12. The fourth-order valence-electron chi connectivity index (χ4n) is 0.516. The lowest BCUT2D eigenvalue weighted by atomic mass is 10.3. The molecular weight excluding hydrogens is 229 g/mol. The fraction of sp³-hybridized carbons (Fsp3) is 0.125. The number of nitrogens with zero attached hydrogens (tertiary/aromatic N) is 1. The van der Waals surface area contributed by atoms with Crippen LogP contribution in [0.1, 0.15) is 10.4 Å². The first-order valence-corrected chi connectivity index (χ1v) is 3.75. The van der Waals surface area contributed by atoms with Crippen LogP contribution in [0.3, 0.4) is 0 Å². The predicted molar refractivity (Wildman–Crippen MR) is 46.4 cm³/mol. The summed E-state index contributed by atoms with van der Waals surface area (Å²) >= 11 is 0. The maximum absolute atomic E-state index is 10.6. The molecule has 1 heterocycles. The molecule has 0 atom stereocenters. The van der Waals surface area contributed by atoms with Crippen LogP contribution in [0.25, 0.3) is 0 Å². The molecule has 0 aliphatic carbocycles. The number of halogens is 3. The molecule has 88 valence electrons. The van der Waals surface area contributed by atoms with Crippen LogP contribution in [0.4, 0.5) is 13.2 Å². The molecule has 0 saturated heterocycles. The van der Waals surface area contributed by atoms with Gasteiger partial charge in [0.25, 0.3) is 0 Å². The standard InChI is InChI=1S/C6H6N2O.C2HF3O2/c7-6(9)5-1-3-8-4-2-5;3-2(4,5)1(6)7/h1-4H,(H2,7,9);(H,6,7). The lowest BCUT2D eigenvalue weighted by Gasteiger charge is -1.93. The number of carbonyl (C=O) groups excluding carboxylic acids is 1. The SMILES string of the molecule is NC(=O)c1ccncc1.O=C(O)C(F)(F)F. The minimum atomic E-state index is -5.08. The van der Waals surface area contributed by atoms with Crippen molar-refractivity contribution in [2.45, 2.75) is 6.18 Å². The largest absolute Gasteiger partial charge is 0.490 e. The Bertz CT molecular complexity index is 365. The van der Waals surface area contributed by atoms with Crippen LogP contribution in [0.15, 0.2) is 24.5 Å². The maximum Gasteiger partial charge on any atom is 0.490 e. The zero-order valence-corrected chi connectivity index (χ0v) is 7.73. The van der Waals surface area contributed by atoms with Gasteiger partial charge in [0.15, 0.2) is 0 Å². The number of aliphatic carboxylic acids is 1. The highest BCUT2D eigenvalue weighted by Crippen LogP contribution is 2.13. The molecule has 0 radical (unpaired) electrons. The Hall–Kier alpha value is -2.12. The van der Waals surface area contributed by atoms with Gasteiger partial charge in [-0.3, -0.25) is 9.78 Å². The number of carboxylic acid groups (broad SMARTS) is 1. The quantitative estimate of drug-likeness (QED) is 0.754. The van der Waals surface area contributed by atoms with Gasteiger partial charge in [-0.05, 0) is 12.1 Å². The number of hydrogen-bond donors (Lipinski definition) is 2. The third-order valence-corrected chi connectivity index (χ3v) is 1.21. The van der Waals surface area contributed by atoms with Crippen molar-refractivity contribution in [2.75, 3.05) is 0 Å². The van der Waals surface area contributed by atoms with Crippen molar-refractivity contribution in [3.63, 3.8) is 0 Å². The number of carbonyl (C=O) groups is 2. The summed E-state index contributed by atoms with van der Waals surface area (Å²) in [6, 6.07) is 3.14. The van der Waals surface area contributed by atoms with Gasteiger partial charge < -0.3 is 10.8 Å². The van der Waals surface area contributed by atoms with E-state index >= 15 is 0 Å². The summed E-state index contributed by atoms with van der Waals surface area (Å²) in [4.78, 5) is 23.0. The zero-order valence-electron chi connectivity index (χ0n) is 7.73. The van der Waals surface area contributed by atoms with Gasteiger partial charge in [-0.2, -0.15) is 13.2 Å². The van der Waals surface area contributed by atoms with Crippen LogP contribution in [-0.2, 0) is 4.79 Å². The van der Waals surface area contributed by atoms with Crippen LogP contribution in [0.2, 0.25) is 0 Å². The second-order valence-electron chi connectivity index (χ2n) is 2.40. The van der Waals surface area contributed by atoms with Crippen molar-refractivity contribution in [2.24, 2.45) is 5.73 Å². The van der Waals surface area contributed by atoms with Gasteiger partial charge in [0.05, 0.1) is 0 Å². The lowest BCUT2D eigenvalue weighted by molar-refractivity contribution is -0.192. The summed E-state index contributed by atoms with van der Waals surface area (Å²) < 4.78 is 31.7. The molecule has 3 N–H and O–H groups in total. The molecule has 1 rings (SSSR count). The number of aromatic nitrogens is 1. The molecule has 0 bridgehead atoms. The van der Waals surface area contributed by atoms with E-state index in [4.69, 9.17) is 15.6 Å².